The lowest BCUT2D eigenvalue weighted by Crippen LogP contribution is -2.51. The fraction of sp³-hybridized carbons (Fsp3) is 0.406. The molecule has 12 heteroatoms. The van der Waals surface area contributed by atoms with Crippen molar-refractivity contribution in [3.8, 4) is 11.5 Å². The average molecular weight is 642 g/mol. The Hall–Kier alpha value is -3.61. The number of ether oxygens (including phenoxy) is 2. The number of hydrogen-bond acceptors (Lipinski definition) is 7. The Morgan fingerprint density at radius 1 is 0.909 bits per heavy atom. The van der Waals surface area contributed by atoms with Crippen molar-refractivity contribution in [1.29, 1.82) is 0 Å². The van der Waals surface area contributed by atoms with Gasteiger partial charge in [-0.25, -0.2) is 16.8 Å². The van der Waals surface area contributed by atoms with Crippen molar-refractivity contribution in [2.45, 2.75) is 61.8 Å². The third-order valence-corrected chi connectivity index (χ3v) is 11.5. The van der Waals surface area contributed by atoms with E-state index in [1.54, 1.807) is 42.5 Å². The second-order valence-electron chi connectivity index (χ2n) is 12.1. The molecule has 0 spiro atoms. The Bertz CT molecular complexity index is 1710. The number of benzene rings is 3. The molecule has 1 N–H and O–H groups in total. The molecule has 3 aromatic carbocycles. The molecule has 5 rings (SSSR count). The van der Waals surface area contributed by atoms with E-state index in [-0.39, 0.29) is 34.9 Å². The normalized spacial score (nSPS) is 17.5. The zero-order valence-corrected chi connectivity index (χ0v) is 27.1. The summed E-state index contributed by atoms with van der Waals surface area (Å²) in [6.45, 7) is 9.13. The van der Waals surface area contributed by atoms with Crippen LogP contribution in [0.1, 0.15) is 44.7 Å². The van der Waals surface area contributed by atoms with Gasteiger partial charge in [0.15, 0.2) is 6.10 Å². The highest BCUT2D eigenvalue weighted by Crippen LogP contribution is 2.40. The number of carbonyl (C=O) groups excluding carboxylic acids is 1. The molecule has 0 unspecified atom stereocenters. The van der Waals surface area contributed by atoms with Gasteiger partial charge in [-0.2, -0.15) is 4.31 Å². The zero-order valence-electron chi connectivity index (χ0n) is 25.4. The van der Waals surface area contributed by atoms with E-state index in [4.69, 9.17) is 9.47 Å². The maximum absolute atomic E-state index is 13.8. The summed E-state index contributed by atoms with van der Waals surface area (Å²) in [5.74, 6) is 0.295. The third-order valence-electron chi connectivity index (χ3n) is 7.79. The maximum atomic E-state index is 13.8. The van der Waals surface area contributed by atoms with E-state index in [9.17, 15) is 21.6 Å². The lowest BCUT2D eigenvalue weighted by molar-refractivity contribution is -0.127. The molecule has 0 bridgehead atoms. The van der Waals surface area contributed by atoms with Crippen molar-refractivity contribution in [2.24, 2.45) is 0 Å². The summed E-state index contributed by atoms with van der Waals surface area (Å²) in [7, 11) is -7.51. The van der Waals surface area contributed by atoms with Gasteiger partial charge in [0, 0.05) is 13.1 Å². The molecule has 2 aliphatic rings. The van der Waals surface area contributed by atoms with Crippen LogP contribution in [0.4, 0.5) is 5.69 Å². The molecule has 0 saturated carbocycles. The van der Waals surface area contributed by atoms with Crippen molar-refractivity contribution in [2.75, 3.05) is 37.1 Å². The summed E-state index contributed by atoms with van der Waals surface area (Å²) in [5.41, 5.74) is 2.03. The van der Waals surface area contributed by atoms with Crippen LogP contribution in [0.2, 0.25) is 0 Å². The second-order valence-corrected chi connectivity index (χ2v) is 15.9. The van der Waals surface area contributed by atoms with E-state index in [0.717, 1.165) is 24.0 Å². The predicted octanol–water partition coefficient (Wildman–Crippen LogP) is 4.23. The Morgan fingerprint density at radius 3 is 2.16 bits per heavy atom. The Morgan fingerprint density at radius 2 is 1.52 bits per heavy atom. The van der Waals surface area contributed by atoms with E-state index in [1.807, 2.05) is 39.8 Å². The molecule has 44 heavy (non-hydrogen) atoms. The fourth-order valence-electron chi connectivity index (χ4n) is 5.16. The maximum Gasteiger partial charge on any atom is 0.264 e. The van der Waals surface area contributed by atoms with Crippen molar-refractivity contribution < 1.29 is 31.1 Å². The van der Waals surface area contributed by atoms with Crippen LogP contribution in [0.3, 0.4) is 0 Å². The van der Waals surface area contributed by atoms with Gasteiger partial charge >= 0.3 is 0 Å². The predicted molar refractivity (Wildman–Crippen MR) is 168 cm³/mol. The first-order valence-corrected chi connectivity index (χ1v) is 17.6. The molecule has 0 aromatic heterocycles. The lowest BCUT2D eigenvalue weighted by atomic mass is 9.86. The number of aryl methyl sites for hydroxylation is 1. The van der Waals surface area contributed by atoms with Crippen LogP contribution in [0, 0.1) is 6.92 Å². The van der Waals surface area contributed by atoms with Crippen LogP contribution in [0.15, 0.2) is 76.5 Å². The van der Waals surface area contributed by atoms with E-state index < -0.39 is 32.1 Å². The Kier molecular flexibility index (Phi) is 8.97. The van der Waals surface area contributed by atoms with E-state index in [0.29, 0.717) is 30.3 Å². The number of rotatable bonds is 9. The average Bonchev–Trinajstić information content (AvgIpc) is 3.55. The van der Waals surface area contributed by atoms with Gasteiger partial charge in [0.05, 0.1) is 28.6 Å². The number of sulfonamides is 2. The molecule has 10 nitrogen and oxygen atoms in total. The minimum atomic E-state index is -4.00. The molecule has 0 aliphatic carbocycles. The highest BCUT2D eigenvalue weighted by molar-refractivity contribution is 7.92. The highest BCUT2D eigenvalue weighted by Gasteiger charge is 2.38. The molecular weight excluding hydrogens is 603 g/mol. The van der Waals surface area contributed by atoms with E-state index in [1.165, 1.54) is 20.7 Å². The van der Waals surface area contributed by atoms with Crippen LogP contribution in [-0.2, 0) is 30.3 Å². The first kappa shape index (κ1) is 31.8. The summed E-state index contributed by atoms with van der Waals surface area (Å²) in [6.07, 6.45) is 0.644. The Balaban J connectivity index is 1.25. The molecule has 2 heterocycles. The topological polar surface area (TPSA) is 122 Å². The van der Waals surface area contributed by atoms with Crippen molar-refractivity contribution in [3.63, 3.8) is 0 Å². The molecule has 3 aromatic rings. The molecule has 236 valence electrons. The SMILES string of the molecule is Cc1ccc(S(=O)(=O)N2C[C@H](C(=O)NCCOc3ccc(S(=O)(=O)N4CCCC4)cc3)Oc3ccc(C(C)(C)C)cc32)cc1. The Labute approximate surface area is 260 Å². The number of nitrogens with one attached hydrogen (secondary N) is 1. The van der Waals surface area contributed by atoms with Gasteiger partial charge in [0.1, 0.15) is 18.1 Å². The van der Waals surface area contributed by atoms with Crippen molar-refractivity contribution >= 4 is 31.6 Å². The smallest absolute Gasteiger partial charge is 0.264 e. The summed E-state index contributed by atoms with van der Waals surface area (Å²) in [4.78, 5) is 13.5. The number of amides is 1. The highest BCUT2D eigenvalue weighted by atomic mass is 32.2. The number of anilines is 1. The van der Waals surface area contributed by atoms with Gasteiger partial charge in [-0.3, -0.25) is 9.10 Å². The summed E-state index contributed by atoms with van der Waals surface area (Å²) < 4.78 is 67.6. The van der Waals surface area contributed by atoms with Crippen molar-refractivity contribution in [1.82, 2.24) is 9.62 Å². The molecule has 1 amide bonds. The first-order chi connectivity index (χ1) is 20.8. The van der Waals surface area contributed by atoms with Crippen LogP contribution in [0.25, 0.3) is 0 Å². The van der Waals surface area contributed by atoms with Gasteiger partial charge < -0.3 is 14.8 Å². The molecule has 1 saturated heterocycles. The molecule has 2 aliphatic heterocycles. The lowest BCUT2D eigenvalue weighted by Gasteiger charge is -2.36. The van der Waals surface area contributed by atoms with Gasteiger partial charge in [-0.1, -0.05) is 44.5 Å². The molecular formula is C32H39N3O7S2. The van der Waals surface area contributed by atoms with E-state index in [2.05, 4.69) is 5.32 Å². The number of carbonyl (C=O) groups is 1. The second kappa shape index (κ2) is 12.4. The van der Waals surface area contributed by atoms with Crippen LogP contribution in [0.5, 0.6) is 11.5 Å². The standard InChI is InChI=1S/C32H39N3O7S2/c1-23-7-12-27(13-8-23)44(39,40)35-22-30(42-29-16-9-24(21-28(29)35)32(2,3)4)31(36)33-17-20-41-25-10-14-26(15-11-25)43(37,38)34-18-5-6-19-34/h7-16,21,30H,5-6,17-20,22H2,1-4H3,(H,33,36)/t30-/m1/s1. The molecule has 1 atom stereocenters. The van der Waals surface area contributed by atoms with Crippen molar-refractivity contribution in [3.05, 3.63) is 77.9 Å². The summed E-state index contributed by atoms with van der Waals surface area (Å²) in [5, 5.41) is 2.77. The zero-order chi connectivity index (χ0) is 31.7. The van der Waals surface area contributed by atoms with E-state index >= 15 is 0 Å². The molecule has 0 radical (unpaired) electrons. The van der Waals surface area contributed by atoms with Crippen LogP contribution in [-0.4, -0.2) is 65.9 Å². The van der Waals surface area contributed by atoms with Crippen LogP contribution >= 0.6 is 0 Å². The number of fused-ring (bicyclic) bond motifs is 1. The largest absolute Gasteiger partial charge is 0.492 e. The minimum Gasteiger partial charge on any atom is -0.492 e. The molecule has 1 fully saturated rings. The first-order valence-electron chi connectivity index (χ1n) is 14.7. The van der Waals surface area contributed by atoms with Gasteiger partial charge in [-0.15, -0.1) is 0 Å². The monoisotopic (exact) mass is 641 g/mol. The summed E-state index contributed by atoms with van der Waals surface area (Å²) in [6, 6.07) is 18.2. The number of hydrogen-bond donors (Lipinski definition) is 1. The number of nitrogens with zero attached hydrogens (tertiary/aromatic N) is 2. The van der Waals surface area contributed by atoms with Crippen LogP contribution < -0.4 is 19.1 Å². The third kappa shape index (κ3) is 6.72. The summed E-state index contributed by atoms with van der Waals surface area (Å²) >= 11 is 0. The van der Waals surface area contributed by atoms with Gasteiger partial charge in [-0.05, 0) is 79.3 Å². The minimum absolute atomic E-state index is 0.119. The van der Waals surface area contributed by atoms with Gasteiger partial charge in [0.25, 0.3) is 15.9 Å². The quantitative estimate of drug-likeness (QED) is 0.347. The van der Waals surface area contributed by atoms with Gasteiger partial charge in [0.2, 0.25) is 10.0 Å². The fourth-order valence-corrected chi connectivity index (χ4v) is 8.15.